The summed E-state index contributed by atoms with van der Waals surface area (Å²) < 4.78 is 0. The van der Waals surface area contributed by atoms with E-state index in [1.807, 2.05) is 0 Å². The van der Waals surface area contributed by atoms with E-state index in [1.54, 1.807) is 0 Å². The van der Waals surface area contributed by atoms with Crippen LogP contribution in [-0.4, -0.2) is 0 Å². The van der Waals surface area contributed by atoms with Crippen molar-refractivity contribution in [1.29, 1.82) is 0 Å². The summed E-state index contributed by atoms with van der Waals surface area (Å²) in [6, 6.07) is 9.49. The van der Waals surface area contributed by atoms with Gasteiger partial charge in [0, 0.05) is 0 Å². The molecule has 0 aliphatic rings. The van der Waals surface area contributed by atoms with Gasteiger partial charge in [-0.15, -0.1) is 0 Å². The van der Waals surface area contributed by atoms with E-state index in [0.29, 0.717) is 11.3 Å². The molecular formula is C22H38. The molecule has 22 heavy (non-hydrogen) atoms. The molecule has 0 fully saturated rings. The van der Waals surface area contributed by atoms with E-state index in [1.165, 1.54) is 43.2 Å². The Hall–Kier alpha value is -0.780. The first kappa shape index (κ1) is 19.3. The minimum Gasteiger partial charge on any atom is -0.0648 e. The van der Waals surface area contributed by atoms with Crippen LogP contribution in [-0.2, 0) is 6.42 Å². The van der Waals surface area contributed by atoms with Gasteiger partial charge in [0.15, 0.2) is 0 Å². The van der Waals surface area contributed by atoms with Crippen LogP contribution >= 0.6 is 0 Å². The first-order valence-corrected chi connectivity index (χ1v) is 9.30. The van der Waals surface area contributed by atoms with Crippen molar-refractivity contribution in [1.82, 2.24) is 0 Å². The summed E-state index contributed by atoms with van der Waals surface area (Å²) in [6.07, 6.45) is 6.43. The lowest BCUT2D eigenvalue weighted by Gasteiger charge is -2.25. The maximum absolute atomic E-state index is 2.39. The molecular weight excluding hydrogens is 264 g/mol. The van der Waals surface area contributed by atoms with E-state index in [0.717, 1.165) is 11.8 Å². The van der Waals surface area contributed by atoms with E-state index in [4.69, 9.17) is 0 Å². The predicted molar refractivity (Wildman–Crippen MR) is 100 cm³/mol. The zero-order valence-electron chi connectivity index (χ0n) is 16.1. The Kier molecular flexibility index (Phi) is 7.66. The Bertz CT molecular complexity index is 405. The largest absolute Gasteiger partial charge is 0.0648 e. The molecule has 0 heteroatoms. The van der Waals surface area contributed by atoms with E-state index in [-0.39, 0.29) is 0 Å². The highest BCUT2D eigenvalue weighted by molar-refractivity contribution is 5.26. The molecule has 0 saturated heterocycles. The SMILES string of the molecule is CCC(CC(C)(C)C)c1ccc(CC(C)CCC(C)C)cc1. The summed E-state index contributed by atoms with van der Waals surface area (Å²) in [4.78, 5) is 0. The molecule has 2 atom stereocenters. The van der Waals surface area contributed by atoms with Crippen LogP contribution in [0.4, 0.5) is 0 Å². The molecule has 0 nitrogen and oxygen atoms in total. The Morgan fingerprint density at radius 2 is 1.50 bits per heavy atom. The summed E-state index contributed by atoms with van der Waals surface area (Å²) in [5.74, 6) is 2.32. The van der Waals surface area contributed by atoms with Gasteiger partial charge in [0.1, 0.15) is 0 Å². The Morgan fingerprint density at radius 3 is 1.95 bits per heavy atom. The molecule has 0 amide bonds. The molecule has 0 N–H and O–H groups in total. The molecule has 0 aliphatic carbocycles. The van der Waals surface area contributed by atoms with Gasteiger partial charge in [-0.25, -0.2) is 0 Å². The van der Waals surface area contributed by atoms with Crippen LogP contribution in [0.2, 0.25) is 0 Å². The number of hydrogen-bond acceptors (Lipinski definition) is 0. The van der Waals surface area contributed by atoms with Gasteiger partial charge < -0.3 is 0 Å². The molecule has 1 rings (SSSR count). The molecule has 0 aliphatic heterocycles. The minimum absolute atomic E-state index is 0.407. The molecule has 0 radical (unpaired) electrons. The minimum atomic E-state index is 0.407. The van der Waals surface area contributed by atoms with Crippen LogP contribution in [0.1, 0.15) is 91.2 Å². The quantitative estimate of drug-likeness (QED) is 0.475. The van der Waals surface area contributed by atoms with Gasteiger partial charge in [-0.3, -0.25) is 0 Å². The van der Waals surface area contributed by atoms with Gasteiger partial charge in [0.05, 0.1) is 0 Å². The van der Waals surface area contributed by atoms with Crippen LogP contribution in [0.25, 0.3) is 0 Å². The summed E-state index contributed by atoms with van der Waals surface area (Å²) in [5.41, 5.74) is 3.44. The number of hydrogen-bond donors (Lipinski definition) is 0. The second-order valence-electron chi connectivity index (χ2n) is 8.89. The van der Waals surface area contributed by atoms with Crippen molar-refractivity contribution < 1.29 is 0 Å². The topological polar surface area (TPSA) is 0 Å². The first-order chi connectivity index (χ1) is 10.2. The monoisotopic (exact) mass is 302 g/mol. The number of rotatable bonds is 8. The van der Waals surface area contributed by atoms with Crippen molar-refractivity contribution in [3.63, 3.8) is 0 Å². The molecule has 0 heterocycles. The summed E-state index contributed by atoms with van der Waals surface area (Å²) >= 11 is 0. The van der Waals surface area contributed by atoms with Gasteiger partial charge in [0.2, 0.25) is 0 Å². The second kappa shape index (κ2) is 8.75. The summed E-state index contributed by atoms with van der Waals surface area (Å²) in [5, 5.41) is 0. The molecule has 1 aromatic carbocycles. The van der Waals surface area contributed by atoms with Crippen molar-refractivity contribution >= 4 is 0 Å². The lowest BCUT2D eigenvalue weighted by atomic mass is 9.80. The van der Waals surface area contributed by atoms with E-state index in [2.05, 4.69) is 72.7 Å². The number of benzene rings is 1. The zero-order chi connectivity index (χ0) is 16.8. The average Bonchev–Trinajstić information content (AvgIpc) is 2.42. The third kappa shape index (κ3) is 7.47. The Balaban J connectivity index is 2.61. The van der Waals surface area contributed by atoms with E-state index >= 15 is 0 Å². The molecule has 0 aromatic heterocycles. The third-order valence-electron chi connectivity index (χ3n) is 4.62. The highest BCUT2D eigenvalue weighted by Gasteiger charge is 2.18. The molecule has 1 aromatic rings. The van der Waals surface area contributed by atoms with Crippen molar-refractivity contribution in [3.8, 4) is 0 Å². The Labute approximate surface area is 139 Å². The fourth-order valence-electron chi connectivity index (χ4n) is 3.29. The zero-order valence-corrected chi connectivity index (χ0v) is 16.1. The standard InChI is InChI=1S/C22H38/c1-8-20(16-22(5,6)7)21-13-11-19(12-14-21)15-18(4)10-9-17(2)3/h11-14,17-18,20H,8-10,15-16H2,1-7H3. The van der Waals surface area contributed by atoms with Crippen molar-refractivity contribution in [3.05, 3.63) is 35.4 Å². The highest BCUT2D eigenvalue weighted by Crippen LogP contribution is 2.33. The van der Waals surface area contributed by atoms with Crippen LogP contribution in [0, 0.1) is 17.3 Å². The van der Waals surface area contributed by atoms with Crippen LogP contribution < -0.4 is 0 Å². The van der Waals surface area contributed by atoms with Crippen LogP contribution in [0.15, 0.2) is 24.3 Å². The molecule has 0 bridgehead atoms. The van der Waals surface area contributed by atoms with E-state index in [9.17, 15) is 0 Å². The first-order valence-electron chi connectivity index (χ1n) is 9.30. The van der Waals surface area contributed by atoms with Gasteiger partial charge in [0.25, 0.3) is 0 Å². The summed E-state index contributed by atoms with van der Waals surface area (Å²) in [6.45, 7) is 16.4. The van der Waals surface area contributed by atoms with Crippen LogP contribution in [0.3, 0.4) is 0 Å². The predicted octanol–water partition coefficient (Wildman–Crippen LogP) is 7.23. The van der Waals surface area contributed by atoms with Crippen molar-refractivity contribution in [2.75, 3.05) is 0 Å². The lowest BCUT2D eigenvalue weighted by Crippen LogP contribution is -2.11. The third-order valence-corrected chi connectivity index (χ3v) is 4.62. The van der Waals surface area contributed by atoms with Gasteiger partial charge >= 0.3 is 0 Å². The van der Waals surface area contributed by atoms with E-state index < -0.39 is 0 Å². The molecule has 126 valence electrons. The van der Waals surface area contributed by atoms with Gasteiger partial charge in [-0.1, -0.05) is 85.6 Å². The normalized spacial score (nSPS) is 15.1. The highest BCUT2D eigenvalue weighted by atomic mass is 14.2. The van der Waals surface area contributed by atoms with Crippen molar-refractivity contribution in [2.45, 2.75) is 86.5 Å². The average molecular weight is 303 g/mol. The summed E-state index contributed by atoms with van der Waals surface area (Å²) in [7, 11) is 0. The molecule has 0 spiro atoms. The maximum Gasteiger partial charge on any atom is -0.0160 e. The van der Waals surface area contributed by atoms with Gasteiger partial charge in [-0.2, -0.15) is 0 Å². The van der Waals surface area contributed by atoms with Crippen LogP contribution in [0.5, 0.6) is 0 Å². The maximum atomic E-state index is 2.39. The van der Waals surface area contributed by atoms with Crippen molar-refractivity contribution in [2.24, 2.45) is 17.3 Å². The fraction of sp³-hybridized carbons (Fsp3) is 0.727. The fourth-order valence-corrected chi connectivity index (χ4v) is 3.29. The van der Waals surface area contributed by atoms with Gasteiger partial charge in [-0.05, 0) is 53.6 Å². The Morgan fingerprint density at radius 1 is 0.909 bits per heavy atom. The smallest absolute Gasteiger partial charge is 0.0160 e. The second-order valence-corrected chi connectivity index (χ2v) is 8.89. The molecule has 0 saturated carbocycles. The lowest BCUT2D eigenvalue weighted by molar-refractivity contribution is 0.335. The molecule has 2 unspecified atom stereocenters.